The second kappa shape index (κ2) is 6.22. The lowest BCUT2D eigenvalue weighted by molar-refractivity contribution is -0.0807. The summed E-state index contributed by atoms with van der Waals surface area (Å²) in [7, 11) is 3.27. The standard InChI is InChI=1S/C20H32N4O4/c1-19(2,3)15-11(17(27)23(7)21-15)9-13(25)10(14(9)26)12-16(20(4,5)6)22-24(8)18(12)28/h9-10,13-14,25-28H,1-8H3. The lowest BCUT2D eigenvalue weighted by Crippen LogP contribution is -2.52. The summed E-state index contributed by atoms with van der Waals surface area (Å²) in [5, 5.41) is 52.0. The molecule has 28 heavy (non-hydrogen) atoms. The molecular formula is C20H32N4O4. The highest BCUT2D eigenvalue weighted by molar-refractivity contribution is 5.48. The summed E-state index contributed by atoms with van der Waals surface area (Å²) in [6, 6.07) is 0. The Balaban J connectivity index is 2.07. The number of aromatic hydroxyl groups is 2. The topological polar surface area (TPSA) is 117 Å². The lowest BCUT2D eigenvalue weighted by Gasteiger charge is -2.47. The zero-order valence-corrected chi connectivity index (χ0v) is 17.9. The van der Waals surface area contributed by atoms with Crippen LogP contribution in [0, 0.1) is 0 Å². The molecule has 0 unspecified atom stereocenters. The first-order valence-electron chi connectivity index (χ1n) is 9.56. The molecule has 2 heterocycles. The fourth-order valence-corrected chi connectivity index (χ4v) is 4.17. The van der Waals surface area contributed by atoms with Gasteiger partial charge in [-0.15, -0.1) is 0 Å². The summed E-state index contributed by atoms with van der Waals surface area (Å²) in [6.07, 6.45) is -1.97. The van der Waals surface area contributed by atoms with E-state index in [1.165, 1.54) is 9.36 Å². The third kappa shape index (κ3) is 2.90. The number of aryl methyl sites for hydroxylation is 2. The molecule has 0 atom stereocenters. The summed E-state index contributed by atoms with van der Waals surface area (Å²) < 4.78 is 2.73. The van der Waals surface area contributed by atoms with E-state index < -0.39 is 24.0 Å². The van der Waals surface area contributed by atoms with Gasteiger partial charge in [-0.1, -0.05) is 41.5 Å². The number of aromatic nitrogens is 4. The number of rotatable bonds is 2. The van der Waals surface area contributed by atoms with Crippen LogP contribution in [0.3, 0.4) is 0 Å². The minimum absolute atomic E-state index is 0.0575. The van der Waals surface area contributed by atoms with Crippen LogP contribution in [0.15, 0.2) is 0 Å². The van der Waals surface area contributed by atoms with Crippen molar-refractivity contribution in [3.8, 4) is 11.8 Å². The smallest absolute Gasteiger partial charge is 0.213 e. The largest absolute Gasteiger partial charge is 0.493 e. The third-order valence-corrected chi connectivity index (χ3v) is 5.66. The van der Waals surface area contributed by atoms with Gasteiger partial charge in [-0.2, -0.15) is 10.2 Å². The van der Waals surface area contributed by atoms with E-state index in [1.807, 2.05) is 41.5 Å². The summed E-state index contributed by atoms with van der Waals surface area (Å²) in [5.41, 5.74) is 1.47. The predicted molar refractivity (Wildman–Crippen MR) is 105 cm³/mol. The summed E-state index contributed by atoms with van der Waals surface area (Å²) >= 11 is 0. The molecular weight excluding hydrogens is 360 g/mol. The van der Waals surface area contributed by atoms with Gasteiger partial charge >= 0.3 is 0 Å². The second-order valence-corrected chi connectivity index (χ2v) is 9.95. The Morgan fingerprint density at radius 1 is 0.679 bits per heavy atom. The van der Waals surface area contributed by atoms with Gasteiger partial charge in [-0.05, 0) is 0 Å². The van der Waals surface area contributed by atoms with Gasteiger partial charge < -0.3 is 20.4 Å². The summed E-state index contributed by atoms with van der Waals surface area (Å²) in [4.78, 5) is 0. The van der Waals surface area contributed by atoms with Crippen LogP contribution in [0.25, 0.3) is 0 Å². The van der Waals surface area contributed by atoms with Crippen molar-refractivity contribution in [2.24, 2.45) is 14.1 Å². The minimum atomic E-state index is -0.984. The molecule has 0 aromatic carbocycles. The highest BCUT2D eigenvalue weighted by Gasteiger charge is 2.56. The molecule has 2 aromatic rings. The van der Waals surface area contributed by atoms with Crippen LogP contribution in [0.2, 0.25) is 0 Å². The average molecular weight is 393 g/mol. The molecule has 0 spiro atoms. The van der Waals surface area contributed by atoms with E-state index in [9.17, 15) is 20.4 Å². The van der Waals surface area contributed by atoms with E-state index in [4.69, 9.17) is 0 Å². The molecule has 1 aliphatic carbocycles. The molecule has 0 saturated heterocycles. The minimum Gasteiger partial charge on any atom is -0.493 e. The Kier molecular flexibility index (Phi) is 4.59. The molecule has 4 N–H and O–H groups in total. The Bertz CT molecular complexity index is 819. The molecule has 2 aromatic heterocycles. The highest BCUT2D eigenvalue weighted by Crippen LogP contribution is 2.55. The molecule has 1 fully saturated rings. The second-order valence-electron chi connectivity index (χ2n) is 9.95. The Hall–Kier alpha value is -2.06. The normalized spacial score (nSPS) is 25.8. The maximum absolute atomic E-state index is 11.0. The highest BCUT2D eigenvalue weighted by atomic mass is 16.3. The molecule has 1 aliphatic rings. The SMILES string of the molecule is Cn1nc(C(C)(C)C)c(C2C(O)C(c3c(C(C)(C)C)nn(C)c3O)C2O)c1O. The van der Waals surface area contributed by atoms with Crippen LogP contribution < -0.4 is 0 Å². The van der Waals surface area contributed by atoms with Gasteiger partial charge in [-0.25, -0.2) is 9.36 Å². The van der Waals surface area contributed by atoms with E-state index in [1.54, 1.807) is 14.1 Å². The lowest BCUT2D eigenvalue weighted by atomic mass is 9.61. The Labute approximate surface area is 165 Å². The van der Waals surface area contributed by atoms with Gasteiger partial charge in [0.1, 0.15) is 0 Å². The van der Waals surface area contributed by atoms with E-state index >= 15 is 0 Å². The van der Waals surface area contributed by atoms with Crippen molar-refractivity contribution < 1.29 is 20.4 Å². The van der Waals surface area contributed by atoms with Crippen LogP contribution in [-0.2, 0) is 24.9 Å². The molecule has 3 rings (SSSR count). The molecule has 1 saturated carbocycles. The predicted octanol–water partition coefficient (Wildman–Crippen LogP) is 1.76. The fourth-order valence-electron chi connectivity index (χ4n) is 4.17. The van der Waals surface area contributed by atoms with Gasteiger partial charge in [0.2, 0.25) is 11.8 Å². The van der Waals surface area contributed by atoms with E-state index in [0.717, 1.165) is 0 Å². The first-order chi connectivity index (χ1) is 12.7. The van der Waals surface area contributed by atoms with Crippen molar-refractivity contribution in [3.05, 3.63) is 22.5 Å². The summed E-state index contributed by atoms with van der Waals surface area (Å²) in [5.74, 6) is -1.50. The van der Waals surface area contributed by atoms with Crippen LogP contribution in [-0.4, -0.2) is 52.2 Å². The quantitative estimate of drug-likeness (QED) is 0.619. The van der Waals surface area contributed by atoms with E-state index in [-0.39, 0.29) is 22.6 Å². The van der Waals surface area contributed by atoms with Crippen molar-refractivity contribution in [1.82, 2.24) is 19.6 Å². The summed E-state index contributed by atoms with van der Waals surface area (Å²) in [6.45, 7) is 11.8. The van der Waals surface area contributed by atoms with Crippen LogP contribution in [0.1, 0.15) is 75.9 Å². The third-order valence-electron chi connectivity index (χ3n) is 5.66. The molecule has 8 heteroatoms. The van der Waals surface area contributed by atoms with Gasteiger partial charge in [0, 0.05) is 47.9 Å². The van der Waals surface area contributed by atoms with E-state index in [2.05, 4.69) is 10.2 Å². The molecule has 0 aliphatic heterocycles. The monoisotopic (exact) mass is 392 g/mol. The zero-order chi connectivity index (χ0) is 21.3. The first-order valence-corrected chi connectivity index (χ1v) is 9.56. The number of hydrogen-bond donors (Lipinski definition) is 4. The van der Waals surface area contributed by atoms with Gasteiger partial charge in [0.25, 0.3) is 0 Å². The number of aliphatic hydroxyl groups is 2. The van der Waals surface area contributed by atoms with Crippen molar-refractivity contribution in [1.29, 1.82) is 0 Å². The molecule has 8 nitrogen and oxygen atoms in total. The number of hydrogen-bond acceptors (Lipinski definition) is 6. The van der Waals surface area contributed by atoms with Gasteiger partial charge in [-0.3, -0.25) is 0 Å². The van der Waals surface area contributed by atoms with Crippen molar-refractivity contribution in [2.75, 3.05) is 0 Å². The number of aliphatic hydroxyl groups excluding tert-OH is 2. The molecule has 0 amide bonds. The maximum Gasteiger partial charge on any atom is 0.213 e. The fraction of sp³-hybridized carbons (Fsp3) is 0.700. The molecule has 156 valence electrons. The van der Waals surface area contributed by atoms with Crippen molar-refractivity contribution >= 4 is 0 Å². The Morgan fingerprint density at radius 3 is 1.21 bits per heavy atom. The van der Waals surface area contributed by atoms with Gasteiger partial charge in [0.15, 0.2) is 0 Å². The van der Waals surface area contributed by atoms with Crippen molar-refractivity contribution in [3.63, 3.8) is 0 Å². The molecule has 0 bridgehead atoms. The van der Waals surface area contributed by atoms with Crippen LogP contribution in [0.4, 0.5) is 0 Å². The maximum atomic E-state index is 11.0. The van der Waals surface area contributed by atoms with E-state index in [0.29, 0.717) is 22.5 Å². The number of nitrogens with zero attached hydrogens (tertiary/aromatic N) is 4. The zero-order valence-electron chi connectivity index (χ0n) is 17.9. The Morgan fingerprint density at radius 2 is 0.964 bits per heavy atom. The van der Waals surface area contributed by atoms with Crippen LogP contribution >= 0.6 is 0 Å². The van der Waals surface area contributed by atoms with Crippen LogP contribution in [0.5, 0.6) is 11.8 Å². The average Bonchev–Trinajstić information content (AvgIpc) is 3.00. The molecule has 0 radical (unpaired) electrons. The van der Waals surface area contributed by atoms with Crippen molar-refractivity contribution in [2.45, 2.75) is 76.4 Å². The first kappa shape index (κ1) is 20.7. The van der Waals surface area contributed by atoms with Gasteiger partial charge in [0.05, 0.1) is 23.6 Å².